The van der Waals surface area contributed by atoms with Crippen LogP contribution < -0.4 is 9.84 Å². The minimum atomic E-state index is -4.03. The summed E-state index contributed by atoms with van der Waals surface area (Å²) in [6.07, 6.45) is -2.06. The smallest absolute Gasteiger partial charge is 0.448 e. The summed E-state index contributed by atoms with van der Waals surface area (Å²) in [7, 11) is -2.17. The number of ether oxygens (including phenoxy) is 3. The van der Waals surface area contributed by atoms with Gasteiger partial charge in [-0.3, -0.25) is 9.05 Å². The Labute approximate surface area is 256 Å². The van der Waals surface area contributed by atoms with Crippen LogP contribution in [-0.4, -0.2) is 103 Å². The van der Waals surface area contributed by atoms with Gasteiger partial charge in [0.1, 0.15) is 25.6 Å². The fraction of sp³-hybridized carbons (Fsp3) is 0.444. The van der Waals surface area contributed by atoms with Crippen molar-refractivity contribution >= 4 is 35.9 Å². The summed E-state index contributed by atoms with van der Waals surface area (Å²) in [4.78, 5) is 38.2. The second-order valence-electron chi connectivity index (χ2n) is 9.23. The molecular weight excluding hydrogens is 621 g/mol. The van der Waals surface area contributed by atoms with Gasteiger partial charge in [0, 0.05) is 41.3 Å². The van der Waals surface area contributed by atoms with Gasteiger partial charge in [-0.15, -0.1) is 0 Å². The summed E-state index contributed by atoms with van der Waals surface area (Å²) in [5.74, 6) is -0.196. The maximum atomic E-state index is 12.7. The number of hydrogen-bond acceptors (Lipinski definition) is 12. The Morgan fingerprint density at radius 1 is 0.841 bits per heavy atom. The molecule has 0 aliphatic rings. The highest BCUT2D eigenvalue weighted by atomic mass is 32.2. The van der Waals surface area contributed by atoms with Gasteiger partial charge in [-0.1, -0.05) is 29.8 Å². The molecule has 1 unspecified atom stereocenters. The molecule has 0 saturated heterocycles. The molecule has 2 rings (SSSR count). The van der Waals surface area contributed by atoms with E-state index in [1.807, 2.05) is 6.92 Å². The molecule has 2 aromatic carbocycles. The number of alkyl carbamates (subject to hydrolysis) is 1. The van der Waals surface area contributed by atoms with Crippen LogP contribution >= 0.6 is 7.82 Å². The van der Waals surface area contributed by atoms with E-state index in [0.29, 0.717) is 5.56 Å². The lowest BCUT2D eigenvalue weighted by Gasteiger charge is -2.22. The summed E-state index contributed by atoms with van der Waals surface area (Å²) in [6, 6.07) is 12.6. The Hall–Kier alpha value is -3.85. The Balaban J connectivity index is 1.68. The molecule has 17 heteroatoms. The van der Waals surface area contributed by atoms with Crippen molar-refractivity contribution < 1.29 is 55.1 Å². The molecule has 0 spiro atoms. The molecular formula is C27H38N3O12PS. The zero-order valence-corrected chi connectivity index (χ0v) is 26.9. The number of nitrogens with zero attached hydrogens (tertiary/aromatic N) is 2. The fourth-order valence-electron chi connectivity index (χ4n) is 3.20. The number of nitrogens with one attached hydrogen (secondary N) is 1. The highest BCUT2D eigenvalue weighted by Crippen LogP contribution is 2.48. The van der Waals surface area contributed by atoms with Crippen molar-refractivity contribution in [2.24, 2.45) is 0 Å². The summed E-state index contributed by atoms with van der Waals surface area (Å²) >= 11 is 0. The standard InChI is InChI=1S/C27H38N3O12PS/c1-21-6-12-24(13-7-21)44(35,36)19-18-39-27(33)30(4)15-14-29(3)26(32)38-16-17-41-43(34,37-5)42-23-10-8-22(9-11-23)20-40-25(31)28-2/h6-13H,14-20H2,1-5H3,(H,28,31). The number of hydrogen-bond donors (Lipinski definition) is 1. The molecule has 0 radical (unpaired) electrons. The maximum absolute atomic E-state index is 12.7. The normalized spacial score (nSPS) is 12.4. The van der Waals surface area contributed by atoms with Crippen LogP contribution in [0.4, 0.5) is 14.4 Å². The number of amides is 3. The first-order chi connectivity index (χ1) is 20.8. The van der Waals surface area contributed by atoms with Crippen LogP contribution in [0.25, 0.3) is 0 Å². The second kappa shape index (κ2) is 17.4. The summed E-state index contributed by atoms with van der Waals surface area (Å²) < 4.78 is 68.0. The number of aryl methyl sites for hydroxylation is 1. The van der Waals surface area contributed by atoms with E-state index in [1.54, 1.807) is 24.3 Å². The predicted molar refractivity (Wildman–Crippen MR) is 158 cm³/mol. The van der Waals surface area contributed by atoms with Gasteiger partial charge in [0.25, 0.3) is 0 Å². The average Bonchev–Trinajstić information content (AvgIpc) is 3.01. The number of sulfone groups is 1. The van der Waals surface area contributed by atoms with Crippen molar-refractivity contribution in [3.63, 3.8) is 0 Å². The van der Waals surface area contributed by atoms with E-state index in [0.717, 1.165) is 12.7 Å². The quantitative estimate of drug-likeness (QED) is 0.158. The van der Waals surface area contributed by atoms with E-state index >= 15 is 0 Å². The molecule has 0 fully saturated rings. The number of phosphoric ester groups is 1. The largest absolute Gasteiger partial charge is 0.529 e. The van der Waals surface area contributed by atoms with E-state index in [4.69, 9.17) is 27.8 Å². The molecule has 0 aliphatic heterocycles. The Kier molecular flexibility index (Phi) is 14.4. The maximum Gasteiger partial charge on any atom is 0.529 e. The molecule has 44 heavy (non-hydrogen) atoms. The van der Waals surface area contributed by atoms with Crippen molar-refractivity contribution in [2.45, 2.75) is 18.4 Å². The van der Waals surface area contributed by atoms with Gasteiger partial charge >= 0.3 is 26.1 Å². The first kappa shape index (κ1) is 36.3. The van der Waals surface area contributed by atoms with Crippen LogP contribution in [0.15, 0.2) is 53.4 Å². The fourth-order valence-corrected chi connectivity index (χ4v) is 5.20. The number of likely N-dealkylation sites (N-methyl/N-ethyl adjacent to an activating group) is 2. The lowest BCUT2D eigenvalue weighted by molar-refractivity contribution is 0.0807. The van der Waals surface area contributed by atoms with Crippen LogP contribution in [0, 0.1) is 6.92 Å². The summed E-state index contributed by atoms with van der Waals surface area (Å²) in [5.41, 5.74) is 1.59. The molecule has 1 atom stereocenters. The number of rotatable bonds is 16. The second-order valence-corrected chi connectivity index (χ2v) is 13.0. The minimum Gasteiger partial charge on any atom is -0.448 e. The predicted octanol–water partition coefficient (Wildman–Crippen LogP) is 3.61. The van der Waals surface area contributed by atoms with E-state index in [-0.39, 0.29) is 55.9 Å². The molecule has 0 aromatic heterocycles. The van der Waals surface area contributed by atoms with Gasteiger partial charge in [0.05, 0.1) is 17.3 Å². The highest BCUT2D eigenvalue weighted by molar-refractivity contribution is 7.91. The number of benzene rings is 2. The molecule has 0 aliphatic carbocycles. The van der Waals surface area contributed by atoms with Crippen molar-refractivity contribution in [1.29, 1.82) is 0 Å². The van der Waals surface area contributed by atoms with E-state index in [2.05, 4.69) is 5.32 Å². The molecule has 0 saturated carbocycles. The van der Waals surface area contributed by atoms with E-state index < -0.39 is 35.9 Å². The lowest BCUT2D eigenvalue weighted by atomic mass is 10.2. The molecule has 244 valence electrons. The monoisotopic (exact) mass is 659 g/mol. The van der Waals surface area contributed by atoms with Crippen LogP contribution in [-0.2, 0) is 44.3 Å². The van der Waals surface area contributed by atoms with E-state index in [9.17, 15) is 27.4 Å². The number of phosphoric acid groups is 1. The third-order valence-corrected chi connectivity index (χ3v) is 8.92. The topological polar surface area (TPSA) is 176 Å². The molecule has 2 aromatic rings. The third-order valence-electron chi connectivity index (χ3n) is 5.85. The summed E-state index contributed by atoms with van der Waals surface area (Å²) in [6.45, 7) is 1.12. The lowest BCUT2D eigenvalue weighted by Crippen LogP contribution is -2.38. The van der Waals surface area contributed by atoms with E-state index in [1.165, 1.54) is 55.2 Å². The molecule has 3 amide bonds. The van der Waals surface area contributed by atoms with Crippen molar-refractivity contribution in [2.75, 3.05) is 66.9 Å². The van der Waals surface area contributed by atoms with Crippen LogP contribution in [0.3, 0.4) is 0 Å². The van der Waals surface area contributed by atoms with Crippen molar-refractivity contribution in [1.82, 2.24) is 15.1 Å². The first-order valence-electron chi connectivity index (χ1n) is 13.3. The van der Waals surface area contributed by atoms with Crippen molar-refractivity contribution in [3.05, 3.63) is 59.7 Å². The zero-order valence-electron chi connectivity index (χ0n) is 25.2. The van der Waals surface area contributed by atoms with Crippen LogP contribution in [0.2, 0.25) is 0 Å². The molecule has 1 N–H and O–H groups in total. The van der Waals surface area contributed by atoms with Crippen LogP contribution in [0.5, 0.6) is 5.75 Å². The van der Waals surface area contributed by atoms with Gasteiger partial charge in [0.15, 0.2) is 9.84 Å². The van der Waals surface area contributed by atoms with Gasteiger partial charge in [0.2, 0.25) is 0 Å². The Morgan fingerprint density at radius 2 is 1.41 bits per heavy atom. The van der Waals surface area contributed by atoms with Crippen LogP contribution in [0.1, 0.15) is 11.1 Å². The molecule has 15 nitrogen and oxygen atoms in total. The van der Waals surface area contributed by atoms with Gasteiger partial charge < -0.3 is 33.9 Å². The Bertz CT molecular complexity index is 1390. The first-order valence-corrected chi connectivity index (χ1v) is 16.4. The molecule has 0 bridgehead atoms. The van der Waals surface area contributed by atoms with Gasteiger partial charge in [-0.2, -0.15) is 0 Å². The highest BCUT2D eigenvalue weighted by Gasteiger charge is 2.27. The molecule has 0 heterocycles. The van der Waals surface area contributed by atoms with Gasteiger partial charge in [-0.05, 0) is 36.8 Å². The average molecular weight is 660 g/mol. The number of carbonyl (C=O) groups excluding carboxylic acids is 3. The zero-order chi connectivity index (χ0) is 32.8. The SMILES string of the molecule is CNC(=O)OCc1ccc(OP(=O)(OC)OCCOC(=O)N(C)CCN(C)C(=O)OCCS(=O)(=O)c2ccc(C)cc2)cc1. The summed E-state index contributed by atoms with van der Waals surface area (Å²) in [5, 5.41) is 2.33. The Morgan fingerprint density at radius 3 is 1.95 bits per heavy atom. The third kappa shape index (κ3) is 12.4. The minimum absolute atomic E-state index is 0.0278. The van der Waals surface area contributed by atoms with Crippen molar-refractivity contribution in [3.8, 4) is 5.75 Å². The van der Waals surface area contributed by atoms with Gasteiger partial charge in [-0.25, -0.2) is 27.4 Å². The number of carbonyl (C=O) groups is 3.